The van der Waals surface area contributed by atoms with E-state index in [0.717, 1.165) is 5.56 Å². The number of aromatic nitrogens is 1. The lowest BCUT2D eigenvalue weighted by Crippen LogP contribution is -2.17. The lowest BCUT2D eigenvalue weighted by Gasteiger charge is -2.16. The minimum Gasteiger partial charge on any atom is -0.460 e. The van der Waals surface area contributed by atoms with Crippen molar-refractivity contribution in [1.29, 1.82) is 0 Å². The van der Waals surface area contributed by atoms with Gasteiger partial charge in [0.2, 0.25) is 5.76 Å². The average molecular weight is 357 g/mol. The molecule has 116 valence electrons. The van der Waals surface area contributed by atoms with Gasteiger partial charge in [-0.3, -0.25) is 0 Å². The van der Waals surface area contributed by atoms with Crippen molar-refractivity contribution in [3.63, 3.8) is 0 Å². The topological polar surface area (TPSA) is 51.7 Å². The number of halogens is 1. The fourth-order valence-corrected chi connectivity index (χ4v) is 1.93. The molecular weight excluding hydrogens is 336 g/mol. The SMILES string of the molecule is CCOC(=O)/C(=C\N(C)C)Oc1cc(Br)ncc1C(C)C. The lowest BCUT2D eigenvalue weighted by atomic mass is 10.1. The van der Waals surface area contributed by atoms with Gasteiger partial charge in [0.1, 0.15) is 10.4 Å². The summed E-state index contributed by atoms with van der Waals surface area (Å²) in [6.45, 7) is 6.13. The van der Waals surface area contributed by atoms with E-state index in [9.17, 15) is 4.79 Å². The smallest absolute Gasteiger partial charge is 0.375 e. The number of ether oxygens (including phenoxy) is 2. The van der Waals surface area contributed by atoms with Crippen molar-refractivity contribution in [2.45, 2.75) is 26.7 Å². The zero-order valence-electron chi connectivity index (χ0n) is 13.0. The van der Waals surface area contributed by atoms with Crippen LogP contribution >= 0.6 is 15.9 Å². The Balaban J connectivity index is 3.14. The standard InChI is InChI=1S/C15H21BrN2O3/c1-6-20-15(19)13(9-18(4)5)21-12-7-14(16)17-8-11(12)10(2)3/h7-10H,6H2,1-5H3/b13-9+. The Bertz CT molecular complexity index is 528. The number of carbonyl (C=O) groups is 1. The summed E-state index contributed by atoms with van der Waals surface area (Å²) in [6, 6.07) is 1.75. The van der Waals surface area contributed by atoms with E-state index < -0.39 is 5.97 Å². The number of carbonyl (C=O) groups excluding carboxylic acids is 1. The fourth-order valence-electron chi connectivity index (χ4n) is 1.62. The maximum atomic E-state index is 12.0. The molecule has 0 aromatic carbocycles. The Kier molecular flexibility index (Phi) is 6.68. The molecule has 1 aromatic heterocycles. The van der Waals surface area contributed by atoms with Crippen molar-refractivity contribution in [2.75, 3.05) is 20.7 Å². The third kappa shape index (κ3) is 5.38. The summed E-state index contributed by atoms with van der Waals surface area (Å²) in [5.74, 6) is 0.465. The van der Waals surface area contributed by atoms with Crippen LogP contribution in [0.3, 0.4) is 0 Å². The highest BCUT2D eigenvalue weighted by Crippen LogP contribution is 2.29. The molecule has 0 bridgehead atoms. The normalized spacial score (nSPS) is 11.5. The molecule has 0 radical (unpaired) electrons. The highest BCUT2D eigenvalue weighted by atomic mass is 79.9. The number of hydrogen-bond acceptors (Lipinski definition) is 5. The molecule has 0 aliphatic rings. The quantitative estimate of drug-likeness (QED) is 0.338. The van der Waals surface area contributed by atoms with Gasteiger partial charge in [0.05, 0.1) is 6.61 Å². The first-order chi connectivity index (χ1) is 9.85. The summed E-state index contributed by atoms with van der Waals surface area (Å²) in [5.41, 5.74) is 0.923. The molecule has 0 atom stereocenters. The highest BCUT2D eigenvalue weighted by Gasteiger charge is 2.18. The van der Waals surface area contributed by atoms with Crippen LogP contribution in [0.1, 0.15) is 32.3 Å². The second kappa shape index (κ2) is 8.02. The van der Waals surface area contributed by atoms with Gasteiger partial charge in [-0.2, -0.15) is 0 Å². The molecule has 0 spiro atoms. The zero-order valence-corrected chi connectivity index (χ0v) is 14.6. The third-order valence-corrected chi connectivity index (χ3v) is 2.99. The van der Waals surface area contributed by atoms with Gasteiger partial charge in [-0.15, -0.1) is 0 Å². The Morgan fingerprint density at radius 3 is 2.67 bits per heavy atom. The van der Waals surface area contributed by atoms with E-state index in [2.05, 4.69) is 20.9 Å². The van der Waals surface area contributed by atoms with E-state index in [1.807, 2.05) is 27.9 Å². The van der Waals surface area contributed by atoms with Crippen LogP contribution in [0, 0.1) is 0 Å². The Morgan fingerprint density at radius 2 is 2.14 bits per heavy atom. The molecule has 0 N–H and O–H groups in total. The first kappa shape index (κ1) is 17.5. The van der Waals surface area contributed by atoms with Gasteiger partial charge in [-0.1, -0.05) is 13.8 Å². The first-order valence-corrected chi connectivity index (χ1v) is 7.53. The molecule has 1 aromatic rings. The number of rotatable bonds is 6. The Hall–Kier alpha value is -1.56. The van der Waals surface area contributed by atoms with Crippen LogP contribution in [-0.4, -0.2) is 36.6 Å². The summed E-state index contributed by atoms with van der Waals surface area (Å²) < 4.78 is 11.5. The molecule has 0 aliphatic heterocycles. The molecule has 0 unspecified atom stereocenters. The Labute approximate surface area is 134 Å². The number of hydrogen-bond donors (Lipinski definition) is 0. The van der Waals surface area contributed by atoms with E-state index in [1.165, 1.54) is 0 Å². The van der Waals surface area contributed by atoms with E-state index in [1.54, 1.807) is 30.3 Å². The fraction of sp³-hybridized carbons (Fsp3) is 0.467. The monoisotopic (exact) mass is 356 g/mol. The summed E-state index contributed by atoms with van der Waals surface area (Å²) in [4.78, 5) is 17.9. The maximum Gasteiger partial charge on any atom is 0.375 e. The molecule has 0 saturated carbocycles. The van der Waals surface area contributed by atoms with E-state index >= 15 is 0 Å². The predicted octanol–water partition coefficient (Wildman–Crippen LogP) is 3.31. The van der Waals surface area contributed by atoms with E-state index in [-0.39, 0.29) is 11.7 Å². The van der Waals surface area contributed by atoms with Crippen molar-refractivity contribution < 1.29 is 14.3 Å². The molecular formula is C15H21BrN2O3. The van der Waals surface area contributed by atoms with Crippen LogP contribution in [-0.2, 0) is 9.53 Å². The second-order valence-corrected chi connectivity index (χ2v) is 5.79. The molecule has 21 heavy (non-hydrogen) atoms. The van der Waals surface area contributed by atoms with Gasteiger partial charge in [-0.05, 0) is 28.8 Å². The Morgan fingerprint density at radius 1 is 1.48 bits per heavy atom. The number of pyridine rings is 1. The summed E-state index contributed by atoms with van der Waals surface area (Å²) in [6.07, 6.45) is 3.33. The molecule has 0 amide bonds. The van der Waals surface area contributed by atoms with Gasteiger partial charge >= 0.3 is 5.97 Å². The van der Waals surface area contributed by atoms with Crippen molar-refractivity contribution in [3.8, 4) is 5.75 Å². The van der Waals surface area contributed by atoms with E-state index in [0.29, 0.717) is 17.0 Å². The molecule has 5 nitrogen and oxygen atoms in total. The van der Waals surface area contributed by atoms with Gasteiger partial charge in [-0.25, -0.2) is 9.78 Å². The highest BCUT2D eigenvalue weighted by molar-refractivity contribution is 9.10. The van der Waals surface area contributed by atoms with Crippen LogP contribution < -0.4 is 4.74 Å². The van der Waals surface area contributed by atoms with Gasteiger partial charge < -0.3 is 14.4 Å². The van der Waals surface area contributed by atoms with Gasteiger partial charge in [0.25, 0.3) is 0 Å². The van der Waals surface area contributed by atoms with Gasteiger partial charge in [0, 0.05) is 38.1 Å². The number of esters is 1. The van der Waals surface area contributed by atoms with Crippen LogP contribution in [0.2, 0.25) is 0 Å². The minimum absolute atomic E-state index is 0.141. The first-order valence-electron chi connectivity index (χ1n) is 6.73. The van der Waals surface area contributed by atoms with Crippen molar-refractivity contribution >= 4 is 21.9 Å². The van der Waals surface area contributed by atoms with Crippen LogP contribution in [0.25, 0.3) is 0 Å². The average Bonchev–Trinajstić information content (AvgIpc) is 2.37. The van der Waals surface area contributed by atoms with Crippen molar-refractivity contribution in [2.24, 2.45) is 0 Å². The summed E-state index contributed by atoms with van der Waals surface area (Å²) in [5, 5.41) is 0. The van der Waals surface area contributed by atoms with Crippen LogP contribution in [0.5, 0.6) is 5.75 Å². The van der Waals surface area contributed by atoms with Crippen molar-refractivity contribution in [3.05, 3.63) is 34.4 Å². The zero-order chi connectivity index (χ0) is 16.0. The molecule has 0 aliphatic carbocycles. The third-order valence-electron chi connectivity index (χ3n) is 2.56. The molecule has 1 heterocycles. The molecule has 0 fully saturated rings. The molecule has 0 saturated heterocycles. The van der Waals surface area contributed by atoms with Gasteiger partial charge in [0.15, 0.2) is 0 Å². The van der Waals surface area contributed by atoms with Crippen molar-refractivity contribution in [1.82, 2.24) is 9.88 Å². The second-order valence-electron chi connectivity index (χ2n) is 4.98. The van der Waals surface area contributed by atoms with Crippen LogP contribution in [0.4, 0.5) is 0 Å². The summed E-state index contributed by atoms with van der Waals surface area (Å²) >= 11 is 3.32. The predicted molar refractivity (Wildman–Crippen MR) is 85.1 cm³/mol. The molecule has 1 rings (SSSR count). The lowest BCUT2D eigenvalue weighted by molar-refractivity contribution is -0.141. The van der Waals surface area contributed by atoms with E-state index in [4.69, 9.17) is 9.47 Å². The number of nitrogens with zero attached hydrogens (tertiary/aromatic N) is 2. The maximum absolute atomic E-state index is 12.0. The molecule has 6 heteroatoms. The van der Waals surface area contributed by atoms with Crippen LogP contribution in [0.15, 0.2) is 28.8 Å². The summed E-state index contributed by atoms with van der Waals surface area (Å²) in [7, 11) is 3.63. The largest absolute Gasteiger partial charge is 0.460 e. The minimum atomic E-state index is -0.492.